The molecule has 0 aliphatic carbocycles. The zero-order chi connectivity index (χ0) is 15.8. The fourth-order valence-electron chi connectivity index (χ4n) is 3.32. The molecule has 0 bridgehead atoms. The first-order valence-electron chi connectivity index (χ1n) is 7.74. The molecule has 1 amide bonds. The maximum Gasteiger partial charge on any atom is 0.227 e. The number of halogens is 2. The Morgan fingerprint density at radius 1 is 1.42 bits per heavy atom. The lowest BCUT2D eigenvalue weighted by Gasteiger charge is -2.16. The number of carbonyl (C=O) groups excluding carboxylic acids is 1. The number of carbonyl (C=O) groups is 1. The second-order valence-electron chi connectivity index (χ2n) is 6.12. The first-order chi connectivity index (χ1) is 11.2. The van der Waals surface area contributed by atoms with Gasteiger partial charge in [-0.05, 0) is 33.8 Å². The quantitative estimate of drug-likeness (QED) is 0.802. The van der Waals surface area contributed by atoms with E-state index in [4.69, 9.17) is 4.52 Å². The molecule has 4 heterocycles. The van der Waals surface area contributed by atoms with Gasteiger partial charge in [0.25, 0.3) is 0 Å². The van der Waals surface area contributed by atoms with Crippen molar-refractivity contribution in [2.24, 2.45) is 11.8 Å². The highest BCUT2D eigenvalue weighted by Crippen LogP contribution is 2.28. The average Bonchev–Trinajstić information content (AvgIpc) is 3.27. The third kappa shape index (κ3) is 3.66. The van der Waals surface area contributed by atoms with Crippen LogP contribution in [0.5, 0.6) is 0 Å². The topological polar surface area (TPSA) is 71.3 Å². The van der Waals surface area contributed by atoms with Crippen LogP contribution in [-0.2, 0) is 11.2 Å². The van der Waals surface area contributed by atoms with Crippen molar-refractivity contribution in [3.63, 3.8) is 0 Å². The first kappa shape index (κ1) is 17.8. The van der Waals surface area contributed by atoms with Gasteiger partial charge in [0, 0.05) is 48.9 Å². The molecule has 0 radical (unpaired) electrons. The number of aryl methyl sites for hydroxylation is 1. The second-order valence-corrected chi connectivity index (χ2v) is 7.94. The van der Waals surface area contributed by atoms with Gasteiger partial charge < -0.3 is 14.7 Å². The predicted octanol–water partition coefficient (Wildman–Crippen LogP) is 2.59. The van der Waals surface area contributed by atoms with E-state index in [1.807, 2.05) is 16.3 Å². The Labute approximate surface area is 158 Å². The first-order valence-corrected chi connectivity index (χ1v) is 9.42. The molecule has 0 spiro atoms. The van der Waals surface area contributed by atoms with Crippen LogP contribution in [0.15, 0.2) is 20.4 Å². The van der Waals surface area contributed by atoms with Crippen LogP contribution in [0.1, 0.15) is 12.3 Å². The van der Waals surface area contributed by atoms with Gasteiger partial charge in [-0.3, -0.25) is 4.79 Å². The number of fused-ring (bicyclic) bond motifs is 1. The van der Waals surface area contributed by atoms with E-state index in [1.54, 1.807) is 11.3 Å². The van der Waals surface area contributed by atoms with Crippen LogP contribution >= 0.6 is 39.7 Å². The van der Waals surface area contributed by atoms with Crippen molar-refractivity contribution < 1.29 is 9.32 Å². The van der Waals surface area contributed by atoms with Gasteiger partial charge in [-0.2, -0.15) is 4.98 Å². The molecule has 2 aromatic heterocycles. The van der Waals surface area contributed by atoms with E-state index in [0.29, 0.717) is 36.4 Å². The lowest BCUT2D eigenvalue weighted by atomic mass is 10.0. The fourth-order valence-corrected chi connectivity index (χ4v) is 4.67. The number of likely N-dealkylation sites (tertiary alicyclic amines) is 1. The molecule has 2 aliphatic heterocycles. The van der Waals surface area contributed by atoms with E-state index in [1.165, 1.54) is 0 Å². The second kappa shape index (κ2) is 7.51. The largest absolute Gasteiger partial charge is 0.342 e. The molecule has 0 aromatic carbocycles. The lowest BCUT2D eigenvalue weighted by Crippen LogP contribution is -2.32. The summed E-state index contributed by atoms with van der Waals surface area (Å²) in [5.41, 5.74) is 0. The molecule has 1 N–H and O–H groups in total. The summed E-state index contributed by atoms with van der Waals surface area (Å²) in [7, 11) is 0. The molecule has 0 unspecified atom stereocenters. The molecular weight excluding hydrogens is 416 g/mol. The van der Waals surface area contributed by atoms with Crippen molar-refractivity contribution in [3.8, 4) is 10.7 Å². The standard InChI is InChI=1S/C15H17BrN4O2S.ClH/c16-11-3-12(23-8-11)15-18-13(22-19-15)1-2-14(21)20-6-9-4-17-5-10(9)7-20;/h3,8-10,17H,1-2,4-7H2;1H/t9-,10+;. The minimum absolute atomic E-state index is 0. The van der Waals surface area contributed by atoms with E-state index in [-0.39, 0.29) is 18.3 Å². The van der Waals surface area contributed by atoms with E-state index in [2.05, 4.69) is 31.4 Å². The van der Waals surface area contributed by atoms with Crippen LogP contribution in [0.2, 0.25) is 0 Å². The van der Waals surface area contributed by atoms with Crippen molar-refractivity contribution in [3.05, 3.63) is 21.8 Å². The van der Waals surface area contributed by atoms with E-state index in [9.17, 15) is 4.79 Å². The molecule has 4 rings (SSSR count). The van der Waals surface area contributed by atoms with E-state index in [0.717, 1.165) is 35.5 Å². The number of amides is 1. The Morgan fingerprint density at radius 3 is 2.83 bits per heavy atom. The van der Waals surface area contributed by atoms with Gasteiger partial charge in [0.2, 0.25) is 17.6 Å². The smallest absolute Gasteiger partial charge is 0.227 e. The molecule has 0 saturated carbocycles. The Kier molecular flexibility index (Phi) is 5.59. The Hall–Kier alpha value is -0.960. The predicted molar refractivity (Wildman–Crippen MR) is 97.3 cm³/mol. The Bertz CT molecular complexity index is 710. The van der Waals surface area contributed by atoms with Gasteiger partial charge in [-0.1, -0.05) is 5.16 Å². The zero-order valence-corrected chi connectivity index (χ0v) is 16.1. The van der Waals surface area contributed by atoms with E-state index >= 15 is 0 Å². The number of hydrogen-bond donors (Lipinski definition) is 1. The summed E-state index contributed by atoms with van der Waals surface area (Å²) in [4.78, 5) is 19.7. The van der Waals surface area contributed by atoms with Crippen molar-refractivity contribution >= 4 is 45.6 Å². The monoisotopic (exact) mass is 432 g/mol. The summed E-state index contributed by atoms with van der Waals surface area (Å²) in [5.74, 6) is 2.57. The van der Waals surface area contributed by atoms with Crippen LogP contribution in [0, 0.1) is 11.8 Å². The summed E-state index contributed by atoms with van der Waals surface area (Å²) in [6.07, 6.45) is 0.936. The molecule has 2 fully saturated rings. The van der Waals surface area contributed by atoms with Crippen molar-refractivity contribution in [1.29, 1.82) is 0 Å². The summed E-state index contributed by atoms with van der Waals surface area (Å²) in [6, 6.07) is 1.96. The molecular formula is C15H18BrClN4O2S. The zero-order valence-electron chi connectivity index (χ0n) is 12.9. The normalized spacial score (nSPS) is 22.5. The van der Waals surface area contributed by atoms with Gasteiger partial charge in [0.1, 0.15) is 0 Å². The number of thiophene rings is 1. The number of aromatic nitrogens is 2. The van der Waals surface area contributed by atoms with Gasteiger partial charge in [-0.25, -0.2) is 0 Å². The number of nitrogens with zero attached hydrogens (tertiary/aromatic N) is 3. The van der Waals surface area contributed by atoms with Crippen molar-refractivity contribution in [2.45, 2.75) is 12.8 Å². The average molecular weight is 434 g/mol. The molecule has 6 nitrogen and oxygen atoms in total. The summed E-state index contributed by atoms with van der Waals surface area (Å²) in [6.45, 7) is 3.85. The number of rotatable bonds is 4. The third-order valence-corrected chi connectivity index (χ3v) is 6.24. The molecule has 2 atom stereocenters. The Morgan fingerprint density at radius 2 is 2.17 bits per heavy atom. The maximum absolute atomic E-state index is 12.3. The molecule has 9 heteroatoms. The summed E-state index contributed by atoms with van der Waals surface area (Å²) in [5, 5.41) is 9.36. The molecule has 2 aromatic rings. The highest BCUT2D eigenvalue weighted by molar-refractivity contribution is 9.10. The molecule has 24 heavy (non-hydrogen) atoms. The summed E-state index contributed by atoms with van der Waals surface area (Å²) >= 11 is 4.97. The van der Waals surface area contributed by atoms with Gasteiger partial charge in [-0.15, -0.1) is 23.7 Å². The highest BCUT2D eigenvalue weighted by atomic mass is 79.9. The van der Waals surface area contributed by atoms with Crippen LogP contribution in [0.25, 0.3) is 10.7 Å². The summed E-state index contributed by atoms with van der Waals surface area (Å²) < 4.78 is 6.27. The number of nitrogens with one attached hydrogen (secondary N) is 1. The minimum atomic E-state index is 0. The third-order valence-electron chi connectivity index (χ3n) is 4.55. The lowest BCUT2D eigenvalue weighted by molar-refractivity contribution is -0.130. The fraction of sp³-hybridized carbons (Fsp3) is 0.533. The highest BCUT2D eigenvalue weighted by Gasteiger charge is 2.37. The van der Waals surface area contributed by atoms with Gasteiger partial charge in [0.05, 0.1) is 4.88 Å². The van der Waals surface area contributed by atoms with E-state index < -0.39 is 0 Å². The van der Waals surface area contributed by atoms with Crippen LogP contribution in [0.3, 0.4) is 0 Å². The van der Waals surface area contributed by atoms with Crippen LogP contribution in [-0.4, -0.2) is 47.1 Å². The molecule has 2 saturated heterocycles. The number of hydrogen-bond acceptors (Lipinski definition) is 6. The molecule has 130 valence electrons. The van der Waals surface area contributed by atoms with Gasteiger partial charge >= 0.3 is 0 Å². The minimum Gasteiger partial charge on any atom is -0.342 e. The Balaban J connectivity index is 0.00000169. The SMILES string of the molecule is Cl.O=C(CCc1nc(-c2cc(Br)cs2)no1)N1C[C@H]2CNC[C@H]2C1. The maximum atomic E-state index is 12.3. The van der Waals surface area contributed by atoms with Crippen molar-refractivity contribution in [1.82, 2.24) is 20.4 Å². The van der Waals surface area contributed by atoms with Crippen LogP contribution < -0.4 is 5.32 Å². The van der Waals surface area contributed by atoms with Crippen LogP contribution in [0.4, 0.5) is 0 Å². The molecule has 2 aliphatic rings. The van der Waals surface area contributed by atoms with Gasteiger partial charge in [0.15, 0.2) is 0 Å². The van der Waals surface area contributed by atoms with Crippen molar-refractivity contribution in [2.75, 3.05) is 26.2 Å².